The summed E-state index contributed by atoms with van der Waals surface area (Å²) in [6.45, 7) is 9.34. The Balaban J connectivity index is 1.33. The average molecular weight is 430 g/mol. The Morgan fingerprint density at radius 2 is 1.77 bits per heavy atom. The summed E-state index contributed by atoms with van der Waals surface area (Å²) in [4.78, 5) is 17.2. The van der Waals surface area contributed by atoms with E-state index >= 15 is 0 Å². The number of aryl methyl sites for hydroxylation is 1. The molecule has 1 N–H and O–H groups in total. The molecule has 1 amide bonds. The van der Waals surface area contributed by atoms with Crippen LogP contribution in [0.5, 0.6) is 11.5 Å². The van der Waals surface area contributed by atoms with Crippen molar-refractivity contribution in [1.29, 1.82) is 0 Å². The molecule has 0 radical (unpaired) electrons. The van der Waals surface area contributed by atoms with E-state index in [2.05, 4.69) is 47.2 Å². The molecule has 0 saturated carbocycles. The van der Waals surface area contributed by atoms with Crippen LogP contribution in [0.15, 0.2) is 30.3 Å². The Hall–Kier alpha value is -2.44. The maximum atomic E-state index is 12.6. The number of fused-ring (bicyclic) bond motifs is 1. The van der Waals surface area contributed by atoms with E-state index in [1.165, 1.54) is 16.8 Å². The number of nitrogens with zero attached hydrogens (tertiary/aromatic N) is 2. The third-order valence-corrected chi connectivity index (χ3v) is 6.08. The number of rotatable bonds is 4. The molecule has 2 aromatic carbocycles. The number of benzene rings is 2. The summed E-state index contributed by atoms with van der Waals surface area (Å²) in [5.74, 6) is 1.17. The lowest BCUT2D eigenvalue weighted by atomic mass is 10.1. The van der Waals surface area contributed by atoms with Crippen LogP contribution in [0.2, 0.25) is 5.02 Å². The summed E-state index contributed by atoms with van der Waals surface area (Å²) >= 11 is 6.35. The van der Waals surface area contributed by atoms with Gasteiger partial charge in [0.1, 0.15) is 0 Å². The molecular formula is C23H28ClN3O3. The van der Waals surface area contributed by atoms with Crippen LogP contribution in [-0.2, 0) is 4.79 Å². The van der Waals surface area contributed by atoms with Crippen molar-refractivity contribution >= 4 is 28.9 Å². The molecule has 0 aliphatic carbocycles. The second-order valence-corrected chi connectivity index (χ2v) is 8.27. The van der Waals surface area contributed by atoms with E-state index in [0.29, 0.717) is 42.0 Å². The summed E-state index contributed by atoms with van der Waals surface area (Å²) in [5, 5.41) is 3.38. The van der Waals surface area contributed by atoms with Gasteiger partial charge in [-0.25, -0.2) is 0 Å². The number of halogens is 1. The molecule has 30 heavy (non-hydrogen) atoms. The van der Waals surface area contributed by atoms with Gasteiger partial charge >= 0.3 is 0 Å². The minimum Gasteiger partial charge on any atom is -0.490 e. The molecule has 0 spiro atoms. The van der Waals surface area contributed by atoms with E-state index in [9.17, 15) is 4.79 Å². The normalized spacial score (nSPS) is 16.8. The van der Waals surface area contributed by atoms with Crippen molar-refractivity contribution in [3.63, 3.8) is 0 Å². The van der Waals surface area contributed by atoms with Crippen LogP contribution < -0.4 is 19.7 Å². The Bertz CT molecular complexity index is 926. The van der Waals surface area contributed by atoms with Gasteiger partial charge in [0, 0.05) is 50.4 Å². The highest BCUT2D eigenvalue weighted by Crippen LogP contribution is 2.37. The van der Waals surface area contributed by atoms with E-state index in [0.717, 1.165) is 32.6 Å². The van der Waals surface area contributed by atoms with Crippen molar-refractivity contribution in [3.8, 4) is 11.5 Å². The number of carbonyl (C=O) groups excluding carboxylic acids is 1. The van der Waals surface area contributed by atoms with Crippen LogP contribution in [0, 0.1) is 13.8 Å². The van der Waals surface area contributed by atoms with Crippen molar-refractivity contribution in [1.82, 2.24) is 4.90 Å². The summed E-state index contributed by atoms with van der Waals surface area (Å²) < 4.78 is 11.3. The average Bonchev–Trinajstić information content (AvgIpc) is 2.96. The number of hydrogen-bond donors (Lipinski definition) is 1. The topological polar surface area (TPSA) is 54.0 Å². The molecule has 2 heterocycles. The largest absolute Gasteiger partial charge is 0.490 e. The number of ether oxygens (including phenoxy) is 2. The summed E-state index contributed by atoms with van der Waals surface area (Å²) in [7, 11) is 0. The molecule has 7 heteroatoms. The van der Waals surface area contributed by atoms with Gasteiger partial charge in [-0.2, -0.15) is 0 Å². The standard InChI is InChI=1S/C23H28ClN3O3/c1-16-5-3-6-20(17(16)2)27-9-7-26(8-10-27)15-23(28)25-19-14-22-21(13-18(19)24)29-11-4-12-30-22/h3,5-6,13-14H,4,7-12,15H2,1-2H3,(H,25,28). The number of hydrogen-bond acceptors (Lipinski definition) is 5. The molecule has 1 saturated heterocycles. The fraction of sp³-hybridized carbons (Fsp3) is 0.435. The Kier molecular flexibility index (Phi) is 6.35. The van der Waals surface area contributed by atoms with Crippen LogP contribution in [0.4, 0.5) is 11.4 Å². The Morgan fingerprint density at radius 1 is 1.07 bits per heavy atom. The molecule has 2 aliphatic heterocycles. The summed E-state index contributed by atoms with van der Waals surface area (Å²) in [6.07, 6.45) is 0.821. The zero-order valence-corrected chi connectivity index (χ0v) is 18.3. The van der Waals surface area contributed by atoms with Crippen LogP contribution in [0.25, 0.3) is 0 Å². The van der Waals surface area contributed by atoms with E-state index in [4.69, 9.17) is 21.1 Å². The van der Waals surface area contributed by atoms with Gasteiger partial charge < -0.3 is 19.7 Å². The van der Waals surface area contributed by atoms with Crippen molar-refractivity contribution in [2.45, 2.75) is 20.3 Å². The van der Waals surface area contributed by atoms with E-state index in [-0.39, 0.29) is 5.91 Å². The fourth-order valence-electron chi connectivity index (χ4n) is 3.90. The molecule has 2 aromatic rings. The van der Waals surface area contributed by atoms with E-state index in [1.54, 1.807) is 12.1 Å². The van der Waals surface area contributed by atoms with Crippen molar-refractivity contribution in [2.75, 3.05) is 56.2 Å². The van der Waals surface area contributed by atoms with Gasteiger partial charge in [-0.15, -0.1) is 0 Å². The highest BCUT2D eigenvalue weighted by molar-refractivity contribution is 6.34. The molecule has 0 bridgehead atoms. The van der Waals surface area contributed by atoms with Crippen LogP contribution in [0.3, 0.4) is 0 Å². The monoisotopic (exact) mass is 429 g/mol. The van der Waals surface area contributed by atoms with Gasteiger partial charge in [0.2, 0.25) is 5.91 Å². The zero-order valence-electron chi connectivity index (χ0n) is 17.5. The zero-order chi connectivity index (χ0) is 21.1. The molecule has 1 fully saturated rings. The van der Waals surface area contributed by atoms with Gasteiger partial charge in [0.15, 0.2) is 11.5 Å². The third kappa shape index (κ3) is 4.65. The Morgan fingerprint density at radius 3 is 2.50 bits per heavy atom. The first-order valence-electron chi connectivity index (χ1n) is 10.4. The molecule has 0 atom stereocenters. The molecular weight excluding hydrogens is 402 g/mol. The predicted molar refractivity (Wildman–Crippen MR) is 120 cm³/mol. The van der Waals surface area contributed by atoms with Gasteiger partial charge in [-0.3, -0.25) is 9.69 Å². The minimum absolute atomic E-state index is 0.0772. The van der Waals surface area contributed by atoms with Crippen LogP contribution >= 0.6 is 11.6 Å². The summed E-state index contributed by atoms with van der Waals surface area (Å²) in [5.41, 5.74) is 4.48. The Labute approximate surface area is 182 Å². The van der Waals surface area contributed by atoms with E-state index < -0.39 is 0 Å². The van der Waals surface area contributed by atoms with Gasteiger partial charge in [0.05, 0.1) is 30.5 Å². The first-order valence-corrected chi connectivity index (χ1v) is 10.8. The fourth-order valence-corrected chi connectivity index (χ4v) is 4.10. The number of amides is 1. The maximum Gasteiger partial charge on any atom is 0.238 e. The second-order valence-electron chi connectivity index (χ2n) is 7.86. The predicted octanol–water partition coefficient (Wildman–Crippen LogP) is 3.88. The third-order valence-electron chi connectivity index (χ3n) is 5.77. The number of piperazine rings is 1. The molecule has 2 aliphatic rings. The quantitative estimate of drug-likeness (QED) is 0.799. The van der Waals surface area contributed by atoms with E-state index in [1.807, 2.05) is 0 Å². The molecule has 4 rings (SSSR count). The molecule has 160 valence electrons. The van der Waals surface area contributed by atoms with Crippen LogP contribution in [0.1, 0.15) is 17.5 Å². The minimum atomic E-state index is -0.0772. The maximum absolute atomic E-state index is 12.6. The lowest BCUT2D eigenvalue weighted by Crippen LogP contribution is -2.48. The van der Waals surface area contributed by atoms with Crippen LogP contribution in [-0.4, -0.2) is 56.7 Å². The van der Waals surface area contributed by atoms with Crippen molar-refractivity contribution < 1.29 is 14.3 Å². The lowest BCUT2D eigenvalue weighted by Gasteiger charge is -2.36. The molecule has 6 nitrogen and oxygen atoms in total. The number of anilines is 2. The first kappa shape index (κ1) is 20.8. The van der Waals surface area contributed by atoms with Crippen molar-refractivity contribution in [2.24, 2.45) is 0 Å². The van der Waals surface area contributed by atoms with Gasteiger partial charge in [-0.1, -0.05) is 23.7 Å². The van der Waals surface area contributed by atoms with Crippen molar-refractivity contribution in [3.05, 3.63) is 46.5 Å². The van der Waals surface area contributed by atoms with Gasteiger partial charge in [0.25, 0.3) is 0 Å². The smallest absolute Gasteiger partial charge is 0.238 e. The molecule has 0 unspecified atom stereocenters. The number of nitrogens with one attached hydrogen (secondary N) is 1. The number of carbonyl (C=O) groups is 1. The SMILES string of the molecule is Cc1cccc(N2CCN(CC(=O)Nc3cc4c(cc3Cl)OCCCO4)CC2)c1C. The molecule has 0 aromatic heterocycles. The lowest BCUT2D eigenvalue weighted by molar-refractivity contribution is -0.117. The second kappa shape index (κ2) is 9.14. The highest BCUT2D eigenvalue weighted by Gasteiger charge is 2.21. The summed E-state index contributed by atoms with van der Waals surface area (Å²) in [6, 6.07) is 9.89. The van der Waals surface area contributed by atoms with Gasteiger partial charge in [-0.05, 0) is 31.0 Å². The highest BCUT2D eigenvalue weighted by atomic mass is 35.5. The first-order chi connectivity index (χ1) is 14.5.